The van der Waals surface area contributed by atoms with E-state index in [2.05, 4.69) is 30.8 Å². The Balaban J connectivity index is 0.00000312. The fourth-order valence-electron chi connectivity index (χ4n) is 1.99. The molecule has 0 aliphatic carbocycles. The summed E-state index contributed by atoms with van der Waals surface area (Å²) in [6, 6.07) is 0. The standard InChI is InChI=1S/C16H26N6O2.HI/c1-6-17-16(19-9-14-20-11(4)12(5)23-14)18-8-7-13-21-15(10(2)3)22-24-13;/h10H,6-9H2,1-5H3,(H2,17,18,19);1H. The lowest BCUT2D eigenvalue weighted by molar-refractivity contribution is 0.371. The highest BCUT2D eigenvalue weighted by molar-refractivity contribution is 14.0. The third kappa shape index (κ3) is 6.63. The van der Waals surface area contributed by atoms with Gasteiger partial charge in [-0.2, -0.15) is 4.98 Å². The summed E-state index contributed by atoms with van der Waals surface area (Å²) in [6.07, 6.45) is 0.640. The van der Waals surface area contributed by atoms with Crippen molar-refractivity contribution in [1.29, 1.82) is 0 Å². The maximum Gasteiger partial charge on any atom is 0.228 e. The quantitative estimate of drug-likeness (QED) is 0.371. The van der Waals surface area contributed by atoms with Crippen molar-refractivity contribution in [3.63, 3.8) is 0 Å². The van der Waals surface area contributed by atoms with E-state index in [0.29, 0.717) is 37.3 Å². The summed E-state index contributed by atoms with van der Waals surface area (Å²) in [5.41, 5.74) is 0.899. The van der Waals surface area contributed by atoms with Crippen molar-refractivity contribution in [2.45, 2.75) is 53.5 Å². The van der Waals surface area contributed by atoms with Crippen molar-refractivity contribution in [3.8, 4) is 0 Å². The average Bonchev–Trinajstić information content (AvgIpc) is 3.12. The number of nitrogens with zero attached hydrogens (tertiary/aromatic N) is 4. The Morgan fingerprint density at radius 2 is 1.92 bits per heavy atom. The van der Waals surface area contributed by atoms with Crippen LogP contribution in [0.2, 0.25) is 0 Å². The van der Waals surface area contributed by atoms with E-state index >= 15 is 0 Å². The van der Waals surface area contributed by atoms with Crippen molar-refractivity contribution in [2.75, 3.05) is 13.1 Å². The van der Waals surface area contributed by atoms with Crippen LogP contribution in [0.15, 0.2) is 13.9 Å². The Bertz CT molecular complexity index is 660. The first kappa shape index (κ1) is 21.4. The number of oxazole rings is 1. The van der Waals surface area contributed by atoms with Gasteiger partial charge in [-0.15, -0.1) is 24.0 Å². The second-order valence-electron chi connectivity index (χ2n) is 5.82. The van der Waals surface area contributed by atoms with E-state index in [0.717, 1.165) is 23.8 Å². The molecule has 0 saturated heterocycles. The lowest BCUT2D eigenvalue weighted by Crippen LogP contribution is -2.38. The lowest BCUT2D eigenvalue weighted by atomic mass is 10.2. The number of nitrogens with one attached hydrogen (secondary N) is 2. The molecule has 2 N–H and O–H groups in total. The minimum absolute atomic E-state index is 0. The first-order valence-corrected chi connectivity index (χ1v) is 8.27. The molecule has 0 bridgehead atoms. The van der Waals surface area contributed by atoms with Gasteiger partial charge in [-0.25, -0.2) is 9.98 Å². The topological polar surface area (TPSA) is 101 Å². The van der Waals surface area contributed by atoms with Gasteiger partial charge in [0.05, 0.1) is 5.69 Å². The van der Waals surface area contributed by atoms with Gasteiger partial charge in [0.25, 0.3) is 0 Å². The summed E-state index contributed by atoms with van der Waals surface area (Å²) < 4.78 is 10.8. The fourth-order valence-corrected chi connectivity index (χ4v) is 1.99. The summed E-state index contributed by atoms with van der Waals surface area (Å²) in [6.45, 7) is 11.7. The van der Waals surface area contributed by atoms with Gasteiger partial charge in [0.1, 0.15) is 12.3 Å². The molecule has 25 heavy (non-hydrogen) atoms. The van der Waals surface area contributed by atoms with Crippen molar-refractivity contribution in [2.24, 2.45) is 4.99 Å². The number of aryl methyl sites for hydroxylation is 2. The molecular weight excluding hydrogens is 435 g/mol. The molecule has 0 fully saturated rings. The van der Waals surface area contributed by atoms with Crippen LogP contribution in [0.4, 0.5) is 0 Å². The normalized spacial score (nSPS) is 11.5. The van der Waals surface area contributed by atoms with Crippen molar-refractivity contribution < 1.29 is 8.94 Å². The van der Waals surface area contributed by atoms with Crippen LogP contribution in [-0.4, -0.2) is 34.2 Å². The molecular formula is C16H27IN6O2. The summed E-state index contributed by atoms with van der Waals surface area (Å²) in [4.78, 5) is 13.2. The maximum atomic E-state index is 5.53. The Labute approximate surface area is 165 Å². The number of aromatic nitrogens is 3. The first-order chi connectivity index (χ1) is 11.5. The van der Waals surface area contributed by atoms with Crippen molar-refractivity contribution in [3.05, 3.63) is 29.1 Å². The molecule has 2 aromatic heterocycles. The van der Waals surface area contributed by atoms with Crippen LogP contribution in [0.5, 0.6) is 0 Å². The van der Waals surface area contributed by atoms with Crippen molar-refractivity contribution in [1.82, 2.24) is 25.8 Å². The van der Waals surface area contributed by atoms with Gasteiger partial charge in [0.2, 0.25) is 11.8 Å². The van der Waals surface area contributed by atoms with Gasteiger partial charge in [0.15, 0.2) is 11.8 Å². The largest absolute Gasteiger partial charge is 0.444 e. The average molecular weight is 462 g/mol. The molecule has 0 spiro atoms. The SMILES string of the molecule is CCNC(=NCc1nc(C)c(C)o1)NCCc1nc(C(C)C)no1.I. The van der Waals surface area contributed by atoms with Gasteiger partial charge < -0.3 is 19.6 Å². The van der Waals surface area contributed by atoms with Gasteiger partial charge in [0, 0.05) is 25.4 Å². The van der Waals surface area contributed by atoms with E-state index in [4.69, 9.17) is 8.94 Å². The molecule has 0 amide bonds. The van der Waals surface area contributed by atoms with Gasteiger partial charge in [-0.1, -0.05) is 19.0 Å². The molecule has 0 atom stereocenters. The number of hydrogen-bond acceptors (Lipinski definition) is 6. The smallest absolute Gasteiger partial charge is 0.228 e. The first-order valence-electron chi connectivity index (χ1n) is 8.27. The molecule has 0 aromatic carbocycles. The number of aliphatic imine (C=N–C) groups is 1. The molecule has 9 heteroatoms. The molecule has 0 aliphatic rings. The Kier molecular flexibility index (Phi) is 8.87. The van der Waals surface area contributed by atoms with E-state index in [9.17, 15) is 0 Å². The molecule has 8 nitrogen and oxygen atoms in total. The molecule has 0 saturated carbocycles. The zero-order valence-electron chi connectivity index (χ0n) is 15.4. The van der Waals surface area contributed by atoms with Crippen LogP contribution in [0.3, 0.4) is 0 Å². The van der Waals surface area contributed by atoms with E-state index in [1.807, 2.05) is 34.6 Å². The van der Waals surface area contributed by atoms with Crippen molar-refractivity contribution >= 4 is 29.9 Å². The number of guanidine groups is 1. The van der Waals surface area contributed by atoms with Crippen LogP contribution in [-0.2, 0) is 13.0 Å². The summed E-state index contributed by atoms with van der Waals surface area (Å²) in [7, 11) is 0. The minimum atomic E-state index is 0. The summed E-state index contributed by atoms with van der Waals surface area (Å²) in [5, 5.41) is 10.4. The van der Waals surface area contributed by atoms with E-state index in [1.54, 1.807) is 0 Å². The van der Waals surface area contributed by atoms with Crippen LogP contribution in [0.25, 0.3) is 0 Å². The van der Waals surface area contributed by atoms with Crippen LogP contribution >= 0.6 is 24.0 Å². The molecule has 0 radical (unpaired) electrons. The zero-order valence-corrected chi connectivity index (χ0v) is 17.7. The Morgan fingerprint density at radius 1 is 1.16 bits per heavy atom. The van der Waals surface area contributed by atoms with Gasteiger partial charge in [-0.3, -0.25) is 0 Å². The molecule has 2 aromatic rings. The summed E-state index contributed by atoms with van der Waals surface area (Å²) in [5.74, 6) is 3.77. The lowest BCUT2D eigenvalue weighted by Gasteiger charge is -2.09. The molecule has 0 unspecified atom stereocenters. The molecule has 2 heterocycles. The van der Waals surface area contributed by atoms with E-state index in [-0.39, 0.29) is 29.9 Å². The minimum Gasteiger partial charge on any atom is -0.444 e. The molecule has 2 rings (SSSR count). The van der Waals surface area contributed by atoms with Crippen LogP contribution in [0, 0.1) is 13.8 Å². The number of rotatable bonds is 7. The fraction of sp³-hybridized carbons (Fsp3) is 0.625. The maximum absolute atomic E-state index is 5.53. The van der Waals surface area contributed by atoms with Crippen LogP contribution in [0.1, 0.15) is 55.7 Å². The monoisotopic (exact) mass is 462 g/mol. The number of halogens is 1. The number of hydrogen-bond donors (Lipinski definition) is 2. The molecule has 0 aliphatic heterocycles. The molecule has 140 valence electrons. The van der Waals surface area contributed by atoms with Gasteiger partial charge in [-0.05, 0) is 20.8 Å². The third-order valence-corrected chi connectivity index (χ3v) is 3.42. The second-order valence-corrected chi connectivity index (χ2v) is 5.82. The summed E-state index contributed by atoms with van der Waals surface area (Å²) >= 11 is 0. The highest BCUT2D eigenvalue weighted by Gasteiger charge is 2.10. The third-order valence-electron chi connectivity index (χ3n) is 3.42. The predicted molar refractivity (Wildman–Crippen MR) is 106 cm³/mol. The zero-order chi connectivity index (χ0) is 17.5. The Hall–Kier alpha value is -1.65. The Morgan fingerprint density at radius 3 is 2.48 bits per heavy atom. The predicted octanol–water partition coefficient (Wildman–Crippen LogP) is 2.71. The van der Waals surface area contributed by atoms with Gasteiger partial charge >= 0.3 is 0 Å². The highest BCUT2D eigenvalue weighted by Crippen LogP contribution is 2.10. The van der Waals surface area contributed by atoms with Crippen LogP contribution < -0.4 is 10.6 Å². The highest BCUT2D eigenvalue weighted by atomic mass is 127. The van der Waals surface area contributed by atoms with E-state index < -0.39 is 0 Å². The van der Waals surface area contributed by atoms with E-state index in [1.165, 1.54) is 0 Å². The second kappa shape index (κ2) is 10.4.